The summed E-state index contributed by atoms with van der Waals surface area (Å²) in [6, 6.07) is 5.79. The Balaban J connectivity index is 1.59. The van der Waals surface area contributed by atoms with Gasteiger partial charge in [0.1, 0.15) is 18.0 Å². The average molecular weight is 309 g/mol. The third-order valence-electron chi connectivity index (χ3n) is 3.95. The molecule has 2 aromatic rings. The molecule has 1 aliphatic heterocycles. The lowest BCUT2D eigenvalue weighted by atomic mass is 10.1. The van der Waals surface area contributed by atoms with Gasteiger partial charge in [-0.05, 0) is 26.0 Å². The predicted octanol–water partition coefficient (Wildman–Crippen LogP) is 2.41. The molecular weight excluding hydrogens is 290 g/mol. The summed E-state index contributed by atoms with van der Waals surface area (Å²) in [5.74, 6) is 1.55. The van der Waals surface area contributed by atoms with Gasteiger partial charge in [-0.15, -0.1) is 0 Å². The summed E-state index contributed by atoms with van der Waals surface area (Å²) in [5, 5.41) is 8.82. The number of hydrogen-bond acceptors (Lipinski definition) is 6. The normalized spacial score (nSPS) is 15.3. The van der Waals surface area contributed by atoms with E-state index < -0.39 is 0 Å². The Morgan fingerprint density at radius 3 is 2.61 bits per heavy atom. The number of anilines is 1. The summed E-state index contributed by atoms with van der Waals surface area (Å²) in [6.07, 6.45) is 5.35. The van der Waals surface area contributed by atoms with Crippen molar-refractivity contribution in [2.24, 2.45) is 0 Å². The molecule has 23 heavy (non-hydrogen) atoms. The van der Waals surface area contributed by atoms with E-state index in [1.54, 1.807) is 18.5 Å². The van der Waals surface area contributed by atoms with E-state index in [1.807, 2.05) is 19.9 Å². The van der Waals surface area contributed by atoms with Crippen LogP contribution < -0.4 is 9.64 Å². The van der Waals surface area contributed by atoms with Gasteiger partial charge in [0.15, 0.2) is 0 Å². The van der Waals surface area contributed by atoms with Crippen molar-refractivity contribution < 1.29 is 4.74 Å². The van der Waals surface area contributed by atoms with Crippen LogP contribution in [0.5, 0.6) is 5.88 Å². The first kappa shape index (κ1) is 15.2. The highest BCUT2D eigenvalue weighted by molar-refractivity contribution is 5.42. The summed E-state index contributed by atoms with van der Waals surface area (Å²) in [4.78, 5) is 15.3. The molecule has 1 fully saturated rings. The monoisotopic (exact) mass is 309 g/mol. The Kier molecular flexibility index (Phi) is 4.38. The second-order valence-corrected chi connectivity index (χ2v) is 5.72. The molecule has 118 valence electrons. The number of pyridine rings is 1. The van der Waals surface area contributed by atoms with E-state index in [0.29, 0.717) is 11.4 Å². The molecule has 0 amide bonds. The maximum atomic E-state index is 8.82. The Morgan fingerprint density at radius 2 is 1.96 bits per heavy atom. The van der Waals surface area contributed by atoms with Crippen molar-refractivity contribution in [1.82, 2.24) is 15.0 Å². The first-order valence-electron chi connectivity index (χ1n) is 7.73. The quantitative estimate of drug-likeness (QED) is 0.866. The van der Waals surface area contributed by atoms with Crippen molar-refractivity contribution in [3.8, 4) is 11.9 Å². The van der Waals surface area contributed by atoms with E-state index in [2.05, 4.69) is 25.9 Å². The summed E-state index contributed by atoms with van der Waals surface area (Å²) in [6.45, 7) is 5.58. The van der Waals surface area contributed by atoms with Crippen LogP contribution in [-0.4, -0.2) is 34.1 Å². The molecule has 0 atom stereocenters. The van der Waals surface area contributed by atoms with Crippen molar-refractivity contribution in [2.75, 3.05) is 18.0 Å². The van der Waals surface area contributed by atoms with Crippen molar-refractivity contribution >= 4 is 5.82 Å². The van der Waals surface area contributed by atoms with Crippen LogP contribution in [0, 0.1) is 25.2 Å². The fraction of sp³-hybridized carbons (Fsp3) is 0.412. The molecule has 0 spiro atoms. The highest BCUT2D eigenvalue weighted by Crippen LogP contribution is 2.22. The minimum Gasteiger partial charge on any atom is -0.473 e. The van der Waals surface area contributed by atoms with E-state index in [-0.39, 0.29) is 6.10 Å². The van der Waals surface area contributed by atoms with Gasteiger partial charge in [-0.1, -0.05) is 0 Å². The van der Waals surface area contributed by atoms with Crippen LogP contribution in [0.4, 0.5) is 5.82 Å². The topological polar surface area (TPSA) is 74.9 Å². The van der Waals surface area contributed by atoms with E-state index >= 15 is 0 Å². The fourth-order valence-corrected chi connectivity index (χ4v) is 2.63. The van der Waals surface area contributed by atoms with Gasteiger partial charge in [0, 0.05) is 38.3 Å². The molecule has 1 saturated heterocycles. The smallest absolute Gasteiger partial charge is 0.235 e. The van der Waals surface area contributed by atoms with Gasteiger partial charge >= 0.3 is 0 Å². The van der Waals surface area contributed by atoms with Crippen LogP contribution in [0.2, 0.25) is 0 Å². The van der Waals surface area contributed by atoms with Crippen molar-refractivity contribution in [3.63, 3.8) is 0 Å². The van der Waals surface area contributed by atoms with Gasteiger partial charge in [0.05, 0.1) is 17.0 Å². The molecule has 1 aliphatic rings. The van der Waals surface area contributed by atoms with Crippen molar-refractivity contribution in [1.29, 1.82) is 5.26 Å². The minimum atomic E-state index is 0.152. The number of nitrogens with zero attached hydrogens (tertiary/aromatic N) is 5. The minimum absolute atomic E-state index is 0.152. The van der Waals surface area contributed by atoms with Gasteiger partial charge in [-0.2, -0.15) is 5.26 Å². The molecular formula is C17H19N5O. The van der Waals surface area contributed by atoms with E-state index in [9.17, 15) is 0 Å². The fourth-order valence-electron chi connectivity index (χ4n) is 2.63. The standard InChI is InChI=1S/C17H19N5O/c1-12-10-19-13(2)17(21-12)23-15-5-7-22(8-6-15)16-4-3-14(9-18)11-20-16/h3-4,10-11,15H,5-8H2,1-2H3. The molecule has 0 aromatic carbocycles. The first-order chi connectivity index (χ1) is 11.2. The molecule has 3 rings (SSSR count). The zero-order valence-electron chi connectivity index (χ0n) is 13.4. The molecule has 6 heteroatoms. The number of ether oxygens (including phenoxy) is 1. The SMILES string of the molecule is Cc1cnc(C)c(OC2CCN(c3ccc(C#N)cn3)CC2)n1. The number of hydrogen-bond donors (Lipinski definition) is 0. The lowest BCUT2D eigenvalue weighted by Gasteiger charge is -2.32. The summed E-state index contributed by atoms with van der Waals surface area (Å²) >= 11 is 0. The molecule has 0 unspecified atom stereocenters. The number of rotatable bonds is 3. The van der Waals surface area contributed by atoms with E-state index in [1.165, 1.54) is 0 Å². The maximum Gasteiger partial charge on any atom is 0.235 e. The molecule has 2 aromatic heterocycles. The number of piperidine rings is 1. The highest BCUT2D eigenvalue weighted by Gasteiger charge is 2.22. The van der Waals surface area contributed by atoms with Gasteiger partial charge in [0.25, 0.3) is 0 Å². The summed E-state index contributed by atoms with van der Waals surface area (Å²) in [7, 11) is 0. The first-order valence-corrected chi connectivity index (χ1v) is 7.73. The third kappa shape index (κ3) is 3.57. The average Bonchev–Trinajstić information content (AvgIpc) is 2.59. The van der Waals surface area contributed by atoms with Crippen LogP contribution in [0.25, 0.3) is 0 Å². The maximum absolute atomic E-state index is 8.82. The van der Waals surface area contributed by atoms with Gasteiger partial charge in [-0.3, -0.25) is 4.98 Å². The van der Waals surface area contributed by atoms with Crippen LogP contribution >= 0.6 is 0 Å². The van der Waals surface area contributed by atoms with E-state index in [0.717, 1.165) is 43.1 Å². The number of aryl methyl sites for hydroxylation is 2. The molecule has 3 heterocycles. The molecule has 6 nitrogen and oxygen atoms in total. The van der Waals surface area contributed by atoms with E-state index in [4.69, 9.17) is 10.00 Å². The molecule has 0 N–H and O–H groups in total. The second kappa shape index (κ2) is 6.61. The molecule has 0 aliphatic carbocycles. The van der Waals surface area contributed by atoms with Crippen LogP contribution in [0.1, 0.15) is 29.8 Å². The lowest BCUT2D eigenvalue weighted by Crippen LogP contribution is -2.38. The zero-order chi connectivity index (χ0) is 16.2. The second-order valence-electron chi connectivity index (χ2n) is 5.72. The zero-order valence-corrected chi connectivity index (χ0v) is 13.4. The predicted molar refractivity (Wildman–Crippen MR) is 86.3 cm³/mol. The van der Waals surface area contributed by atoms with Crippen molar-refractivity contribution in [2.45, 2.75) is 32.8 Å². The molecule has 0 bridgehead atoms. The molecule has 0 saturated carbocycles. The Labute approximate surface area is 135 Å². The van der Waals surface area contributed by atoms with Gasteiger partial charge in [0.2, 0.25) is 5.88 Å². The van der Waals surface area contributed by atoms with Crippen LogP contribution in [0.15, 0.2) is 24.5 Å². The Hall–Kier alpha value is -2.68. The number of nitriles is 1. The van der Waals surface area contributed by atoms with Crippen LogP contribution in [0.3, 0.4) is 0 Å². The largest absolute Gasteiger partial charge is 0.473 e. The molecule has 0 radical (unpaired) electrons. The highest BCUT2D eigenvalue weighted by atomic mass is 16.5. The summed E-state index contributed by atoms with van der Waals surface area (Å²) in [5.41, 5.74) is 2.28. The van der Waals surface area contributed by atoms with Crippen molar-refractivity contribution in [3.05, 3.63) is 41.5 Å². The van der Waals surface area contributed by atoms with Crippen LogP contribution in [-0.2, 0) is 0 Å². The Morgan fingerprint density at radius 1 is 1.17 bits per heavy atom. The third-order valence-corrected chi connectivity index (χ3v) is 3.95. The Bertz CT molecular complexity index is 715. The lowest BCUT2D eigenvalue weighted by molar-refractivity contribution is 0.161. The van der Waals surface area contributed by atoms with Gasteiger partial charge < -0.3 is 9.64 Å². The number of aromatic nitrogens is 3. The summed E-state index contributed by atoms with van der Waals surface area (Å²) < 4.78 is 6.02. The van der Waals surface area contributed by atoms with Gasteiger partial charge in [-0.25, -0.2) is 9.97 Å².